The molecular formula is C11H18N2S. The second kappa shape index (κ2) is 4.91. The largest absolute Gasteiger partial charge is 0.329 e. The summed E-state index contributed by atoms with van der Waals surface area (Å²) in [4.78, 5) is 3.96. The van der Waals surface area contributed by atoms with Gasteiger partial charge in [-0.25, -0.2) is 0 Å². The van der Waals surface area contributed by atoms with Gasteiger partial charge in [0.25, 0.3) is 0 Å². The summed E-state index contributed by atoms with van der Waals surface area (Å²) >= 11 is 1.83. The molecule has 1 fully saturated rings. The molecule has 0 saturated carbocycles. The fourth-order valence-electron chi connectivity index (χ4n) is 2.16. The molecule has 78 valence electrons. The van der Waals surface area contributed by atoms with E-state index in [4.69, 9.17) is 5.73 Å². The van der Waals surface area contributed by atoms with E-state index in [0.29, 0.717) is 6.04 Å². The van der Waals surface area contributed by atoms with E-state index in [-0.39, 0.29) is 0 Å². The standard InChI is InChI=1S/C11H18N2S/c12-9-10(11-5-4-8-14-11)13-6-2-1-3-7-13/h4-5,8,10H,1-3,6-7,9,12H2/t10-/m0/s1. The van der Waals surface area contributed by atoms with Crippen molar-refractivity contribution in [3.63, 3.8) is 0 Å². The summed E-state index contributed by atoms with van der Waals surface area (Å²) in [5.41, 5.74) is 5.86. The Hall–Kier alpha value is -0.380. The van der Waals surface area contributed by atoms with Gasteiger partial charge in [-0.3, -0.25) is 4.90 Å². The van der Waals surface area contributed by atoms with Gasteiger partial charge < -0.3 is 5.73 Å². The van der Waals surface area contributed by atoms with Crippen LogP contribution in [0.1, 0.15) is 30.2 Å². The van der Waals surface area contributed by atoms with E-state index in [0.717, 1.165) is 6.54 Å². The van der Waals surface area contributed by atoms with Crippen molar-refractivity contribution in [1.29, 1.82) is 0 Å². The number of hydrogen-bond acceptors (Lipinski definition) is 3. The summed E-state index contributed by atoms with van der Waals surface area (Å²) < 4.78 is 0. The van der Waals surface area contributed by atoms with E-state index < -0.39 is 0 Å². The van der Waals surface area contributed by atoms with Crippen molar-refractivity contribution in [3.8, 4) is 0 Å². The maximum atomic E-state index is 5.86. The fraction of sp³-hybridized carbons (Fsp3) is 0.636. The second-order valence-corrected chi connectivity index (χ2v) is 4.84. The molecule has 0 spiro atoms. The van der Waals surface area contributed by atoms with E-state index in [1.165, 1.54) is 37.2 Å². The van der Waals surface area contributed by atoms with Gasteiger partial charge in [0.1, 0.15) is 0 Å². The molecule has 2 N–H and O–H groups in total. The van der Waals surface area contributed by atoms with Crippen molar-refractivity contribution in [2.75, 3.05) is 19.6 Å². The van der Waals surface area contributed by atoms with E-state index in [2.05, 4.69) is 22.4 Å². The molecule has 1 aromatic rings. The molecule has 14 heavy (non-hydrogen) atoms. The van der Waals surface area contributed by atoms with Gasteiger partial charge in [0.2, 0.25) is 0 Å². The maximum Gasteiger partial charge on any atom is 0.0564 e. The van der Waals surface area contributed by atoms with Crippen molar-refractivity contribution in [2.24, 2.45) is 5.73 Å². The molecule has 0 bridgehead atoms. The summed E-state index contributed by atoms with van der Waals surface area (Å²) in [6, 6.07) is 4.79. The summed E-state index contributed by atoms with van der Waals surface area (Å²) in [5.74, 6) is 0. The van der Waals surface area contributed by atoms with Crippen LogP contribution in [0.3, 0.4) is 0 Å². The average Bonchev–Trinajstić information content (AvgIpc) is 2.74. The van der Waals surface area contributed by atoms with E-state index in [1.807, 2.05) is 11.3 Å². The van der Waals surface area contributed by atoms with Crippen LogP contribution in [0, 0.1) is 0 Å². The van der Waals surface area contributed by atoms with Crippen molar-refractivity contribution >= 4 is 11.3 Å². The van der Waals surface area contributed by atoms with Crippen molar-refractivity contribution in [1.82, 2.24) is 4.90 Å². The number of rotatable bonds is 3. The molecule has 2 nitrogen and oxygen atoms in total. The highest BCUT2D eigenvalue weighted by Gasteiger charge is 2.21. The lowest BCUT2D eigenvalue weighted by Gasteiger charge is -2.33. The van der Waals surface area contributed by atoms with Crippen LogP contribution in [0.4, 0.5) is 0 Å². The third-order valence-electron chi connectivity index (χ3n) is 2.93. The molecule has 0 unspecified atom stereocenters. The van der Waals surface area contributed by atoms with Gasteiger partial charge in [-0.05, 0) is 37.4 Å². The highest BCUT2D eigenvalue weighted by Crippen LogP contribution is 2.26. The highest BCUT2D eigenvalue weighted by atomic mass is 32.1. The molecule has 1 aliphatic heterocycles. The smallest absolute Gasteiger partial charge is 0.0564 e. The fourth-order valence-corrected chi connectivity index (χ4v) is 3.03. The Morgan fingerprint density at radius 1 is 1.36 bits per heavy atom. The van der Waals surface area contributed by atoms with Gasteiger partial charge in [-0.15, -0.1) is 11.3 Å². The summed E-state index contributed by atoms with van der Waals surface area (Å²) in [7, 11) is 0. The lowest BCUT2D eigenvalue weighted by Crippen LogP contribution is -2.37. The number of thiophene rings is 1. The molecule has 0 amide bonds. The molecular weight excluding hydrogens is 192 g/mol. The zero-order valence-corrected chi connectivity index (χ0v) is 9.30. The molecule has 1 saturated heterocycles. The van der Waals surface area contributed by atoms with Gasteiger partial charge in [0.05, 0.1) is 6.04 Å². The Morgan fingerprint density at radius 2 is 2.14 bits per heavy atom. The molecule has 2 heterocycles. The van der Waals surface area contributed by atoms with Crippen LogP contribution in [0.2, 0.25) is 0 Å². The predicted molar refractivity (Wildman–Crippen MR) is 61.5 cm³/mol. The molecule has 0 radical (unpaired) electrons. The van der Waals surface area contributed by atoms with Crippen molar-refractivity contribution in [3.05, 3.63) is 22.4 Å². The number of nitrogens with zero attached hydrogens (tertiary/aromatic N) is 1. The topological polar surface area (TPSA) is 29.3 Å². The Morgan fingerprint density at radius 3 is 2.71 bits per heavy atom. The lowest BCUT2D eigenvalue weighted by molar-refractivity contribution is 0.170. The van der Waals surface area contributed by atoms with Gasteiger partial charge >= 0.3 is 0 Å². The average molecular weight is 210 g/mol. The number of hydrogen-bond donors (Lipinski definition) is 1. The monoisotopic (exact) mass is 210 g/mol. The van der Waals surface area contributed by atoms with E-state index in [1.54, 1.807) is 0 Å². The molecule has 3 heteroatoms. The summed E-state index contributed by atoms with van der Waals surface area (Å²) in [6.07, 6.45) is 4.06. The third-order valence-corrected chi connectivity index (χ3v) is 3.90. The maximum absolute atomic E-state index is 5.86. The molecule has 1 aromatic heterocycles. The number of nitrogens with two attached hydrogens (primary N) is 1. The minimum atomic E-state index is 0.468. The first-order chi connectivity index (χ1) is 6.92. The normalized spacial score (nSPS) is 20.9. The van der Waals surface area contributed by atoms with E-state index >= 15 is 0 Å². The van der Waals surface area contributed by atoms with Crippen LogP contribution in [-0.2, 0) is 0 Å². The lowest BCUT2D eigenvalue weighted by atomic mass is 10.1. The first-order valence-corrected chi connectivity index (χ1v) is 6.27. The Labute approximate surface area is 89.7 Å². The second-order valence-electron chi connectivity index (χ2n) is 3.86. The Balaban J connectivity index is 2.04. The molecule has 0 aromatic carbocycles. The van der Waals surface area contributed by atoms with Gasteiger partial charge in [-0.2, -0.15) is 0 Å². The van der Waals surface area contributed by atoms with Crippen molar-refractivity contribution < 1.29 is 0 Å². The van der Waals surface area contributed by atoms with Crippen LogP contribution < -0.4 is 5.73 Å². The Kier molecular flexibility index (Phi) is 3.56. The van der Waals surface area contributed by atoms with Crippen LogP contribution in [0.15, 0.2) is 17.5 Å². The van der Waals surface area contributed by atoms with Crippen LogP contribution in [0.25, 0.3) is 0 Å². The highest BCUT2D eigenvalue weighted by molar-refractivity contribution is 7.10. The predicted octanol–water partition coefficient (Wildman–Crippen LogP) is 2.23. The van der Waals surface area contributed by atoms with E-state index in [9.17, 15) is 0 Å². The number of piperidine rings is 1. The van der Waals surface area contributed by atoms with Gasteiger partial charge in [0.15, 0.2) is 0 Å². The summed E-state index contributed by atoms with van der Waals surface area (Å²) in [6.45, 7) is 3.19. The number of likely N-dealkylation sites (tertiary alicyclic amines) is 1. The molecule has 1 aliphatic rings. The minimum absolute atomic E-state index is 0.468. The van der Waals surface area contributed by atoms with Gasteiger partial charge in [0, 0.05) is 11.4 Å². The van der Waals surface area contributed by atoms with Crippen LogP contribution in [-0.4, -0.2) is 24.5 Å². The van der Waals surface area contributed by atoms with Crippen molar-refractivity contribution in [2.45, 2.75) is 25.3 Å². The summed E-state index contributed by atoms with van der Waals surface area (Å²) in [5, 5.41) is 2.14. The zero-order chi connectivity index (χ0) is 9.80. The SMILES string of the molecule is NC[C@@H](c1cccs1)N1CCCCC1. The first-order valence-electron chi connectivity index (χ1n) is 5.39. The van der Waals surface area contributed by atoms with Gasteiger partial charge in [-0.1, -0.05) is 12.5 Å². The quantitative estimate of drug-likeness (QED) is 0.829. The molecule has 1 atom stereocenters. The minimum Gasteiger partial charge on any atom is -0.329 e. The third kappa shape index (κ3) is 2.16. The molecule has 2 rings (SSSR count). The van der Waals surface area contributed by atoms with Crippen LogP contribution in [0.5, 0.6) is 0 Å². The van der Waals surface area contributed by atoms with Crippen LogP contribution >= 0.6 is 11.3 Å². The molecule has 0 aliphatic carbocycles. The Bertz CT molecular complexity index is 252. The first kappa shape index (κ1) is 10.1. The zero-order valence-electron chi connectivity index (χ0n) is 8.48.